The first-order valence-corrected chi connectivity index (χ1v) is 9.14. The fourth-order valence-corrected chi connectivity index (χ4v) is 2.83. The van der Waals surface area contributed by atoms with E-state index < -0.39 is 34.8 Å². The molecule has 156 valence electrons. The molecule has 30 heavy (non-hydrogen) atoms. The number of nitrogens with one attached hydrogen (secondary N) is 1. The lowest BCUT2D eigenvalue weighted by Crippen LogP contribution is -2.29. The largest absolute Gasteiger partial charge is 0.489 e. The molecule has 1 aromatic heterocycles. The first-order valence-electron chi connectivity index (χ1n) is 8.76. The van der Waals surface area contributed by atoms with Crippen molar-refractivity contribution < 1.29 is 22.7 Å². The van der Waals surface area contributed by atoms with Gasteiger partial charge in [0, 0.05) is 11.9 Å². The number of anilines is 1. The van der Waals surface area contributed by atoms with Crippen molar-refractivity contribution >= 4 is 23.2 Å². The minimum absolute atomic E-state index is 0.381. The summed E-state index contributed by atoms with van der Waals surface area (Å²) in [5.41, 5.74) is -0.595. The zero-order chi connectivity index (χ0) is 21.7. The van der Waals surface area contributed by atoms with E-state index in [4.69, 9.17) is 16.3 Å². The quantitative estimate of drug-likeness (QED) is 0.607. The van der Waals surface area contributed by atoms with Crippen LogP contribution in [-0.2, 0) is 24.1 Å². The van der Waals surface area contributed by atoms with Crippen molar-refractivity contribution in [2.24, 2.45) is 0 Å². The predicted molar refractivity (Wildman–Crippen MR) is 107 cm³/mol. The second-order valence-corrected chi connectivity index (χ2v) is 6.76. The molecule has 3 rings (SSSR count). The fourth-order valence-electron chi connectivity index (χ4n) is 2.60. The van der Waals surface area contributed by atoms with Gasteiger partial charge in [-0.15, -0.1) is 0 Å². The van der Waals surface area contributed by atoms with E-state index in [2.05, 4.69) is 5.32 Å². The molecule has 2 aromatic carbocycles. The average molecular weight is 437 g/mol. The Balaban J connectivity index is 1.62. The highest BCUT2D eigenvalue weighted by Gasteiger charge is 2.32. The summed E-state index contributed by atoms with van der Waals surface area (Å²) in [4.78, 5) is 24.1. The number of aromatic nitrogens is 1. The molecule has 0 unspecified atom stereocenters. The van der Waals surface area contributed by atoms with E-state index in [0.29, 0.717) is 34.9 Å². The molecule has 0 aliphatic rings. The van der Waals surface area contributed by atoms with Gasteiger partial charge in [0.2, 0.25) is 5.91 Å². The van der Waals surface area contributed by atoms with E-state index in [1.807, 2.05) is 30.3 Å². The third-order valence-corrected chi connectivity index (χ3v) is 4.34. The lowest BCUT2D eigenvalue weighted by Gasteiger charge is -2.12. The molecule has 1 N–H and O–H groups in total. The SMILES string of the molecule is O=C(Cn1cc(C(F)(F)F)cc(Cl)c1=O)Nc1ccc(OCc2ccccc2)cc1. The molecule has 0 aliphatic heterocycles. The Bertz CT molecular complexity index is 1080. The highest BCUT2D eigenvalue weighted by molar-refractivity contribution is 6.30. The lowest BCUT2D eigenvalue weighted by atomic mass is 10.2. The van der Waals surface area contributed by atoms with Gasteiger partial charge in [0.1, 0.15) is 23.9 Å². The van der Waals surface area contributed by atoms with E-state index in [0.717, 1.165) is 5.56 Å². The maximum atomic E-state index is 12.9. The number of carbonyl (C=O) groups is 1. The molecule has 0 bridgehead atoms. The van der Waals surface area contributed by atoms with E-state index >= 15 is 0 Å². The molecule has 0 aliphatic carbocycles. The van der Waals surface area contributed by atoms with Crippen LogP contribution in [0.4, 0.5) is 18.9 Å². The zero-order valence-electron chi connectivity index (χ0n) is 15.4. The maximum absolute atomic E-state index is 12.9. The highest BCUT2D eigenvalue weighted by atomic mass is 35.5. The van der Waals surface area contributed by atoms with Crippen LogP contribution in [-0.4, -0.2) is 10.5 Å². The summed E-state index contributed by atoms with van der Waals surface area (Å²) < 4.78 is 44.9. The highest BCUT2D eigenvalue weighted by Crippen LogP contribution is 2.29. The van der Waals surface area contributed by atoms with Gasteiger partial charge in [-0.3, -0.25) is 9.59 Å². The van der Waals surface area contributed by atoms with Crippen LogP contribution >= 0.6 is 11.6 Å². The molecule has 0 radical (unpaired) electrons. The molecule has 1 amide bonds. The second-order valence-electron chi connectivity index (χ2n) is 6.35. The van der Waals surface area contributed by atoms with E-state index in [1.54, 1.807) is 24.3 Å². The molecule has 0 spiro atoms. The summed E-state index contributed by atoms with van der Waals surface area (Å²) in [5.74, 6) is -0.0943. The Morgan fingerprint density at radius 2 is 1.73 bits per heavy atom. The van der Waals surface area contributed by atoms with Gasteiger partial charge in [-0.2, -0.15) is 13.2 Å². The number of hydrogen-bond donors (Lipinski definition) is 1. The fraction of sp³-hybridized carbons (Fsp3) is 0.143. The van der Waals surface area contributed by atoms with Crippen molar-refractivity contribution in [1.82, 2.24) is 4.57 Å². The number of pyridine rings is 1. The van der Waals surface area contributed by atoms with Crippen LogP contribution in [0.1, 0.15) is 11.1 Å². The van der Waals surface area contributed by atoms with Crippen molar-refractivity contribution in [1.29, 1.82) is 0 Å². The van der Waals surface area contributed by atoms with Gasteiger partial charge in [0.25, 0.3) is 5.56 Å². The molecular weight excluding hydrogens is 421 g/mol. The van der Waals surface area contributed by atoms with Gasteiger partial charge in [0.05, 0.1) is 5.56 Å². The van der Waals surface area contributed by atoms with Crippen molar-refractivity contribution in [3.05, 3.63) is 93.4 Å². The summed E-state index contributed by atoms with van der Waals surface area (Å²) in [6.07, 6.45) is -4.13. The Hall–Kier alpha value is -3.26. The van der Waals surface area contributed by atoms with E-state index in [1.165, 1.54) is 0 Å². The first-order chi connectivity index (χ1) is 14.2. The van der Waals surface area contributed by atoms with Gasteiger partial charge >= 0.3 is 6.18 Å². The second kappa shape index (κ2) is 9.04. The standard InChI is InChI=1S/C21H16ClF3N2O3/c22-18-10-15(21(23,24)25)11-27(20(18)29)12-19(28)26-16-6-8-17(9-7-16)30-13-14-4-2-1-3-5-14/h1-11H,12-13H2,(H,26,28). The topological polar surface area (TPSA) is 60.3 Å². The molecule has 3 aromatic rings. The number of nitrogens with zero attached hydrogens (tertiary/aromatic N) is 1. The average Bonchev–Trinajstić information content (AvgIpc) is 2.70. The van der Waals surface area contributed by atoms with Crippen molar-refractivity contribution in [3.63, 3.8) is 0 Å². The van der Waals surface area contributed by atoms with Crippen LogP contribution in [0.2, 0.25) is 5.02 Å². The minimum Gasteiger partial charge on any atom is -0.489 e. The minimum atomic E-state index is -4.69. The van der Waals surface area contributed by atoms with Crippen LogP contribution in [0.15, 0.2) is 71.7 Å². The van der Waals surface area contributed by atoms with Crippen LogP contribution in [0, 0.1) is 0 Å². The number of hydrogen-bond acceptors (Lipinski definition) is 3. The molecule has 0 saturated carbocycles. The third kappa shape index (κ3) is 5.64. The van der Waals surface area contributed by atoms with Crippen molar-refractivity contribution in [2.45, 2.75) is 19.3 Å². The van der Waals surface area contributed by atoms with Crippen LogP contribution in [0.25, 0.3) is 0 Å². The van der Waals surface area contributed by atoms with E-state index in [9.17, 15) is 22.8 Å². The Labute approximate surface area is 174 Å². The Morgan fingerprint density at radius 3 is 2.37 bits per heavy atom. The number of amides is 1. The molecule has 5 nitrogen and oxygen atoms in total. The van der Waals surface area contributed by atoms with Gasteiger partial charge in [-0.05, 0) is 35.9 Å². The van der Waals surface area contributed by atoms with Crippen LogP contribution < -0.4 is 15.6 Å². The number of halogens is 4. The number of alkyl halides is 3. The molecule has 0 saturated heterocycles. The first kappa shape index (κ1) is 21.4. The van der Waals surface area contributed by atoms with Gasteiger partial charge in [-0.1, -0.05) is 41.9 Å². The molecule has 0 fully saturated rings. The Morgan fingerprint density at radius 1 is 1.07 bits per heavy atom. The van der Waals surface area contributed by atoms with Crippen LogP contribution in [0.5, 0.6) is 5.75 Å². The Kier molecular flexibility index (Phi) is 6.47. The van der Waals surface area contributed by atoms with Crippen LogP contribution in [0.3, 0.4) is 0 Å². The molecular formula is C21H16ClF3N2O3. The van der Waals surface area contributed by atoms with E-state index in [-0.39, 0.29) is 0 Å². The molecule has 0 atom stereocenters. The summed E-state index contributed by atoms with van der Waals surface area (Å²) in [5, 5.41) is 1.90. The van der Waals surface area contributed by atoms with Gasteiger partial charge < -0.3 is 14.6 Å². The normalized spacial score (nSPS) is 11.2. The van der Waals surface area contributed by atoms with Gasteiger partial charge in [-0.25, -0.2) is 0 Å². The summed E-state index contributed by atoms with van der Waals surface area (Å²) in [7, 11) is 0. The monoisotopic (exact) mass is 436 g/mol. The van der Waals surface area contributed by atoms with Crippen molar-refractivity contribution in [2.75, 3.05) is 5.32 Å². The molecule has 1 heterocycles. The maximum Gasteiger partial charge on any atom is 0.417 e. The number of carbonyl (C=O) groups excluding carboxylic acids is 1. The van der Waals surface area contributed by atoms with Gasteiger partial charge in [0.15, 0.2) is 0 Å². The third-order valence-electron chi connectivity index (χ3n) is 4.07. The lowest BCUT2D eigenvalue weighted by molar-refractivity contribution is -0.138. The molecule has 9 heteroatoms. The number of ether oxygens (including phenoxy) is 1. The van der Waals surface area contributed by atoms with Crippen molar-refractivity contribution in [3.8, 4) is 5.75 Å². The summed E-state index contributed by atoms with van der Waals surface area (Å²) in [6, 6.07) is 16.6. The smallest absolute Gasteiger partial charge is 0.417 e. The number of rotatable bonds is 6. The summed E-state index contributed by atoms with van der Waals surface area (Å²) in [6.45, 7) is -0.236. The summed E-state index contributed by atoms with van der Waals surface area (Å²) >= 11 is 5.58. The predicted octanol–water partition coefficient (Wildman–Crippen LogP) is 4.74. The zero-order valence-corrected chi connectivity index (χ0v) is 16.2. The number of benzene rings is 2.